The first-order chi connectivity index (χ1) is 20.6. The van der Waals surface area contributed by atoms with Crippen LogP contribution in [0.25, 0.3) is 65.3 Å². The van der Waals surface area contributed by atoms with Crippen molar-refractivity contribution in [2.75, 3.05) is 0 Å². The molecule has 0 bridgehead atoms. The maximum atomic E-state index is 2.30. The summed E-state index contributed by atoms with van der Waals surface area (Å²) in [6.07, 6.45) is 0.120. The minimum Gasteiger partial charge on any atom is -1.00 e. The Bertz CT molecular complexity index is 1970. The van der Waals surface area contributed by atoms with Crippen LogP contribution in [-0.4, -0.2) is 6.19 Å². The molecular weight excluding hydrogens is 627 g/mol. The number of benzene rings is 6. The summed E-state index contributed by atoms with van der Waals surface area (Å²) in [5.74, 6) is 0. The van der Waals surface area contributed by atoms with E-state index in [1.807, 2.05) is 0 Å². The molecule has 0 spiro atoms. The van der Waals surface area contributed by atoms with E-state index < -0.39 is 0 Å². The molecule has 0 nitrogen and oxygen atoms in total. The van der Waals surface area contributed by atoms with Crippen molar-refractivity contribution in [1.82, 2.24) is 0 Å². The second-order valence-electron chi connectivity index (χ2n) is 10.8. The van der Waals surface area contributed by atoms with Crippen molar-refractivity contribution in [3.05, 3.63) is 158 Å². The van der Waals surface area contributed by atoms with Crippen LogP contribution in [0.1, 0.15) is 0 Å². The molecule has 0 amide bonds. The van der Waals surface area contributed by atoms with Crippen LogP contribution >= 0.6 is 0 Å². The van der Waals surface area contributed by atoms with E-state index in [1.165, 1.54) is 65.3 Å². The normalized spacial score (nSPS) is 10.3. The molecule has 44 heavy (non-hydrogen) atoms. The molecule has 0 saturated heterocycles. The zero-order valence-electron chi connectivity index (χ0n) is 24.8. The molecule has 8 aromatic carbocycles. The summed E-state index contributed by atoms with van der Waals surface area (Å²) < 4.78 is 0. The first kappa shape index (κ1) is 33.5. The Hall–Kier alpha value is -3.43. The molecule has 0 aliphatic carbocycles. The number of rotatable bonds is 2. The average Bonchev–Trinajstić information content (AvgIpc) is 3.68. The Labute approximate surface area is 284 Å². The van der Waals surface area contributed by atoms with Gasteiger partial charge in [0.05, 0.1) is 0 Å². The Kier molecular flexibility index (Phi) is 11.8. The van der Waals surface area contributed by atoms with Gasteiger partial charge >= 0.3 is 38.5 Å². The van der Waals surface area contributed by atoms with Gasteiger partial charge in [0, 0.05) is 0 Å². The van der Waals surface area contributed by atoms with E-state index >= 15 is 0 Å². The van der Waals surface area contributed by atoms with Gasteiger partial charge in [0.25, 0.3) is 0 Å². The van der Waals surface area contributed by atoms with Gasteiger partial charge in [-0.1, -0.05) is 166 Å². The van der Waals surface area contributed by atoms with E-state index in [1.54, 1.807) is 0 Å². The number of hydrogen-bond donors (Lipinski definition) is 0. The standard InChI is InChI=1S/2C19H13.C2H6Si.2ClH.Ti/c2*1-2-6-14(7-3-1)17-12-16-11-10-15-8-4-5-9-18(15)19(16)13-17;1-3-2;;;/h2*1-13H;1-2H3;2*1H;/q2*-1;;;;+2/p-2. The van der Waals surface area contributed by atoms with Crippen LogP contribution in [0.3, 0.4) is 0 Å². The van der Waals surface area contributed by atoms with Crippen molar-refractivity contribution >= 4 is 49.3 Å². The molecule has 0 saturated carbocycles. The SMILES string of the molecule is C[Si](C)=[Ti+2].[Cl-].[Cl-].c1ccc(-c2cc3ccc4ccccc4c3[cH-]2)cc1.c1ccc(-c2cc3ccc4ccccc4c3[cH-]2)cc1. The van der Waals surface area contributed by atoms with E-state index in [0.29, 0.717) is 0 Å². The van der Waals surface area contributed by atoms with Gasteiger partial charge in [0.1, 0.15) is 0 Å². The Morgan fingerprint density at radius 3 is 1.14 bits per heavy atom. The average molecular weight is 660 g/mol. The van der Waals surface area contributed by atoms with Crippen molar-refractivity contribution in [3.8, 4) is 22.3 Å². The Morgan fingerprint density at radius 1 is 0.432 bits per heavy atom. The summed E-state index contributed by atoms with van der Waals surface area (Å²) in [5, 5.41) is 10.6. The van der Waals surface area contributed by atoms with Crippen molar-refractivity contribution in [3.63, 3.8) is 0 Å². The molecule has 8 rings (SSSR count). The van der Waals surface area contributed by atoms with Crippen LogP contribution in [0, 0.1) is 0 Å². The second kappa shape index (κ2) is 15.5. The molecule has 0 atom stereocenters. The molecule has 0 unspecified atom stereocenters. The molecular formula is C40H32Cl2SiTi-2. The van der Waals surface area contributed by atoms with E-state index in [2.05, 4.69) is 190 Å². The van der Waals surface area contributed by atoms with Crippen LogP contribution in [-0.2, 0) is 19.2 Å². The summed E-state index contributed by atoms with van der Waals surface area (Å²) >= 11 is 2.27. The smallest absolute Gasteiger partial charge is 0.0520 e. The maximum absolute atomic E-state index is 2.30. The minimum atomic E-state index is 0. The molecule has 4 heteroatoms. The molecule has 0 aromatic heterocycles. The number of halogens is 2. The molecule has 0 aliphatic rings. The zero-order chi connectivity index (χ0) is 28.9. The van der Waals surface area contributed by atoms with Gasteiger partial charge in [-0.05, 0) is 0 Å². The van der Waals surface area contributed by atoms with Crippen LogP contribution in [0.15, 0.2) is 158 Å². The molecule has 0 N–H and O–H groups in total. The summed E-state index contributed by atoms with van der Waals surface area (Å²) in [7, 11) is 0. The molecule has 0 radical (unpaired) electrons. The predicted octanol–water partition coefficient (Wildman–Crippen LogP) is 5.55. The first-order valence-electron chi connectivity index (χ1n) is 14.4. The summed E-state index contributed by atoms with van der Waals surface area (Å²) in [6.45, 7) is 4.54. The van der Waals surface area contributed by atoms with Crippen molar-refractivity contribution in [1.29, 1.82) is 0 Å². The first-order valence-corrected chi connectivity index (χ1v) is 19.2. The molecule has 216 valence electrons. The fourth-order valence-electron chi connectivity index (χ4n) is 5.52. The third kappa shape index (κ3) is 7.61. The van der Waals surface area contributed by atoms with E-state index in [0.717, 1.165) is 0 Å². The van der Waals surface area contributed by atoms with Gasteiger partial charge in [-0.15, -0.1) is 56.9 Å². The van der Waals surface area contributed by atoms with Gasteiger partial charge in [0.2, 0.25) is 0 Å². The second-order valence-corrected chi connectivity index (χ2v) is 17.5. The van der Waals surface area contributed by atoms with Gasteiger partial charge in [-0.25, -0.2) is 0 Å². The number of hydrogen-bond acceptors (Lipinski definition) is 0. The van der Waals surface area contributed by atoms with Gasteiger partial charge in [-0.2, -0.15) is 0 Å². The molecule has 0 fully saturated rings. The third-order valence-electron chi connectivity index (χ3n) is 7.44. The minimum absolute atomic E-state index is 0. The number of fused-ring (bicyclic) bond motifs is 6. The zero-order valence-corrected chi connectivity index (χ0v) is 28.8. The van der Waals surface area contributed by atoms with Crippen molar-refractivity contribution in [2.24, 2.45) is 0 Å². The third-order valence-corrected chi connectivity index (χ3v) is 7.44. The largest absolute Gasteiger partial charge is 1.00 e. The summed E-state index contributed by atoms with van der Waals surface area (Å²) in [6, 6.07) is 56.2. The van der Waals surface area contributed by atoms with Crippen LogP contribution in [0.2, 0.25) is 13.1 Å². The summed E-state index contributed by atoms with van der Waals surface area (Å²) in [4.78, 5) is 0. The fraction of sp³-hybridized carbons (Fsp3) is 0.0500. The Balaban J connectivity index is 0.000000172. The van der Waals surface area contributed by atoms with Gasteiger partial charge in [0.15, 0.2) is 0 Å². The van der Waals surface area contributed by atoms with Crippen LogP contribution < -0.4 is 24.8 Å². The van der Waals surface area contributed by atoms with E-state index in [4.69, 9.17) is 0 Å². The predicted molar refractivity (Wildman–Crippen MR) is 182 cm³/mol. The maximum Gasteiger partial charge on any atom is -0.0520 e. The van der Waals surface area contributed by atoms with Crippen LogP contribution in [0.5, 0.6) is 0 Å². The van der Waals surface area contributed by atoms with E-state index in [9.17, 15) is 0 Å². The van der Waals surface area contributed by atoms with Crippen LogP contribution in [0.4, 0.5) is 0 Å². The molecule has 0 heterocycles. The van der Waals surface area contributed by atoms with Gasteiger partial charge < -0.3 is 24.8 Å². The fourth-order valence-corrected chi connectivity index (χ4v) is 5.52. The summed E-state index contributed by atoms with van der Waals surface area (Å²) in [5.41, 5.74) is 5.16. The molecule has 0 aliphatic heterocycles. The quantitative estimate of drug-likeness (QED) is 0.169. The van der Waals surface area contributed by atoms with E-state index in [-0.39, 0.29) is 31.0 Å². The van der Waals surface area contributed by atoms with Crippen molar-refractivity contribution < 1.29 is 44.0 Å². The Morgan fingerprint density at radius 2 is 0.750 bits per heavy atom. The monoisotopic (exact) mass is 658 g/mol. The van der Waals surface area contributed by atoms with Gasteiger partial charge in [-0.3, -0.25) is 0 Å². The topological polar surface area (TPSA) is 0 Å². The van der Waals surface area contributed by atoms with Crippen molar-refractivity contribution in [2.45, 2.75) is 13.1 Å². The molecule has 8 aromatic rings.